The lowest BCUT2D eigenvalue weighted by Gasteiger charge is -2.10. The van der Waals surface area contributed by atoms with Crippen molar-refractivity contribution in [3.63, 3.8) is 0 Å². The zero-order valence-corrected chi connectivity index (χ0v) is 13.2. The summed E-state index contributed by atoms with van der Waals surface area (Å²) in [5.41, 5.74) is 1.46. The van der Waals surface area contributed by atoms with Crippen LogP contribution in [0.1, 0.15) is 34.1 Å². The predicted molar refractivity (Wildman–Crippen MR) is 86.3 cm³/mol. The van der Waals surface area contributed by atoms with Gasteiger partial charge in [-0.05, 0) is 24.3 Å². The smallest absolute Gasteiger partial charge is 0.226 e. The van der Waals surface area contributed by atoms with E-state index in [1.807, 2.05) is 27.7 Å². The van der Waals surface area contributed by atoms with Crippen molar-refractivity contribution in [3.05, 3.63) is 24.3 Å². The molecule has 1 aromatic carbocycles. The molecule has 0 saturated heterocycles. The molecule has 0 aliphatic carbocycles. The van der Waals surface area contributed by atoms with Crippen LogP contribution in [0.25, 0.3) is 0 Å². The average molecular weight is 291 g/mol. The highest BCUT2D eigenvalue weighted by Crippen LogP contribution is 2.14. The zero-order chi connectivity index (χ0) is 15.8. The molecule has 0 aliphatic heterocycles. The summed E-state index contributed by atoms with van der Waals surface area (Å²) in [6.45, 7) is 8.43. The van der Waals surface area contributed by atoms with Crippen molar-refractivity contribution < 1.29 is 9.59 Å². The maximum atomic E-state index is 11.7. The number of hydrogen-bond donors (Lipinski definition) is 3. The minimum Gasteiger partial charge on any atom is -0.326 e. The number of benzene rings is 1. The molecular weight excluding hydrogens is 266 g/mol. The monoisotopic (exact) mass is 291 g/mol. The van der Waals surface area contributed by atoms with E-state index in [4.69, 9.17) is 0 Å². The summed E-state index contributed by atoms with van der Waals surface area (Å²) in [6, 6.07) is 7.50. The van der Waals surface area contributed by atoms with Gasteiger partial charge in [0.05, 0.1) is 0 Å². The first kappa shape index (κ1) is 17.2. The third-order valence-corrected chi connectivity index (χ3v) is 2.87. The van der Waals surface area contributed by atoms with Crippen LogP contribution in [-0.2, 0) is 9.59 Å². The number of amides is 2. The molecule has 1 aromatic rings. The summed E-state index contributed by atoms with van der Waals surface area (Å²) in [5.74, 6) is -0.105. The lowest BCUT2D eigenvalue weighted by atomic mass is 10.2. The van der Waals surface area contributed by atoms with E-state index in [0.717, 1.165) is 11.4 Å². The van der Waals surface area contributed by atoms with Gasteiger partial charge in [-0.2, -0.15) is 0 Å². The van der Waals surface area contributed by atoms with Gasteiger partial charge in [0.25, 0.3) is 0 Å². The van der Waals surface area contributed by atoms with Gasteiger partial charge < -0.3 is 16.0 Å². The highest BCUT2D eigenvalue weighted by atomic mass is 16.2. The van der Waals surface area contributed by atoms with Crippen LogP contribution in [0.3, 0.4) is 0 Å². The van der Waals surface area contributed by atoms with E-state index in [9.17, 15) is 9.59 Å². The van der Waals surface area contributed by atoms with Gasteiger partial charge in [0, 0.05) is 36.3 Å². The lowest BCUT2D eigenvalue weighted by Crippen LogP contribution is -2.27. The average Bonchev–Trinajstić information content (AvgIpc) is 2.40. The molecular formula is C16H25N3O2. The Morgan fingerprint density at radius 3 is 1.95 bits per heavy atom. The minimum absolute atomic E-state index is 0.0217. The molecule has 21 heavy (non-hydrogen) atoms. The second-order valence-electron chi connectivity index (χ2n) is 5.63. The maximum absolute atomic E-state index is 11.7. The van der Waals surface area contributed by atoms with Crippen molar-refractivity contribution >= 4 is 23.2 Å². The van der Waals surface area contributed by atoms with Gasteiger partial charge in [-0.15, -0.1) is 0 Å². The van der Waals surface area contributed by atoms with Gasteiger partial charge in [-0.1, -0.05) is 27.7 Å². The van der Waals surface area contributed by atoms with E-state index in [2.05, 4.69) is 16.0 Å². The first-order valence-electron chi connectivity index (χ1n) is 7.32. The van der Waals surface area contributed by atoms with Crippen LogP contribution >= 0.6 is 0 Å². The van der Waals surface area contributed by atoms with Crippen LogP contribution in [0.15, 0.2) is 24.3 Å². The van der Waals surface area contributed by atoms with Gasteiger partial charge >= 0.3 is 0 Å². The quantitative estimate of drug-likeness (QED) is 0.723. The fraction of sp³-hybridized carbons (Fsp3) is 0.500. The van der Waals surface area contributed by atoms with Crippen LogP contribution in [-0.4, -0.2) is 24.4 Å². The topological polar surface area (TPSA) is 70.2 Å². The van der Waals surface area contributed by atoms with E-state index in [1.54, 1.807) is 24.3 Å². The third-order valence-electron chi connectivity index (χ3n) is 2.87. The zero-order valence-electron chi connectivity index (χ0n) is 13.2. The Morgan fingerprint density at radius 2 is 1.48 bits per heavy atom. The first-order valence-corrected chi connectivity index (χ1v) is 7.32. The largest absolute Gasteiger partial charge is 0.326 e. The molecule has 1 rings (SSSR count). The van der Waals surface area contributed by atoms with E-state index >= 15 is 0 Å². The molecule has 5 heteroatoms. The molecule has 0 saturated carbocycles. The fourth-order valence-electron chi connectivity index (χ4n) is 1.62. The molecule has 0 atom stereocenters. The molecule has 0 aliphatic rings. The van der Waals surface area contributed by atoms with Gasteiger partial charge in [0.1, 0.15) is 0 Å². The summed E-state index contributed by atoms with van der Waals surface area (Å²) in [4.78, 5) is 23.3. The van der Waals surface area contributed by atoms with Gasteiger partial charge in [-0.25, -0.2) is 0 Å². The Kier molecular flexibility index (Phi) is 6.88. The fourth-order valence-corrected chi connectivity index (χ4v) is 1.62. The van der Waals surface area contributed by atoms with Crippen LogP contribution in [0.2, 0.25) is 0 Å². The van der Waals surface area contributed by atoms with Crippen molar-refractivity contribution in [2.24, 2.45) is 5.92 Å². The Labute approximate surface area is 126 Å². The van der Waals surface area contributed by atoms with E-state index in [0.29, 0.717) is 19.0 Å². The molecule has 0 radical (unpaired) electrons. The van der Waals surface area contributed by atoms with Gasteiger partial charge in [0.2, 0.25) is 11.8 Å². The minimum atomic E-state index is -0.0576. The Bertz CT molecular complexity index is 467. The Hall–Kier alpha value is -1.88. The summed E-state index contributed by atoms with van der Waals surface area (Å²) < 4.78 is 0. The molecule has 5 nitrogen and oxygen atoms in total. The number of nitrogens with one attached hydrogen (secondary N) is 3. The standard InChI is InChI=1S/C16H25N3O2/c1-11(2)16(21)19-14-7-5-13(6-8-14)18-15(20)9-10-17-12(3)4/h5-8,11-12,17H,9-10H2,1-4H3,(H,18,20)(H,19,21). The van der Waals surface area contributed by atoms with Gasteiger partial charge in [-0.3, -0.25) is 9.59 Å². The third kappa shape index (κ3) is 6.90. The van der Waals surface area contributed by atoms with Crippen molar-refractivity contribution in [2.45, 2.75) is 40.2 Å². The summed E-state index contributed by atoms with van der Waals surface area (Å²) in [6.07, 6.45) is 0.435. The van der Waals surface area contributed by atoms with Crippen LogP contribution < -0.4 is 16.0 Å². The molecule has 2 amide bonds. The van der Waals surface area contributed by atoms with E-state index < -0.39 is 0 Å². The normalized spacial score (nSPS) is 10.8. The molecule has 0 heterocycles. The number of anilines is 2. The molecule has 0 aromatic heterocycles. The first-order chi connectivity index (χ1) is 9.88. The molecule has 0 unspecified atom stereocenters. The van der Waals surface area contributed by atoms with E-state index in [1.165, 1.54) is 0 Å². The van der Waals surface area contributed by atoms with Crippen molar-refractivity contribution in [1.82, 2.24) is 5.32 Å². The highest BCUT2D eigenvalue weighted by molar-refractivity contribution is 5.93. The van der Waals surface area contributed by atoms with Gasteiger partial charge in [0.15, 0.2) is 0 Å². The lowest BCUT2D eigenvalue weighted by molar-refractivity contribution is -0.119. The Morgan fingerprint density at radius 1 is 0.952 bits per heavy atom. The number of carbonyl (C=O) groups excluding carboxylic acids is 2. The number of rotatable bonds is 7. The van der Waals surface area contributed by atoms with Crippen molar-refractivity contribution in [1.29, 1.82) is 0 Å². The molecule has 0 spiro atoms. The number of carbonyl (C=O) groups is 2. The molecule has 0 bridgehead atoms. The van der Waals surface area contributed by atoms with E-state index in [-0.39, 0.29) is 17.7 Å². The Balaban J connectivity index is 2.43. The second-order valence-corrected chi connectivity index (χ2v) is 5.63. The van der Waals surface area contributed by atoms with Crippen molar-refractivity contribution in [2.75, 3.05) is 17.2 Å². The second kappa shape index (κ2) is 8.42. The summed E-state index contributed by atoms with van der Waals surface area (Å²) in [5, 5.41) is 8.83. The number of hydrogen-bond acceptors (Lipinski definition) is 3. The van der Waals surface area contributed by atoms with Crippen LogP contribution in [0.5, 0.6) is 0 Å². The van der Waals surface area contributed by atoms with Crippen molar-refractivity contribution in [3.8, 4) is 0 Å². The molecule has 116 valence electrons. The van der Waals surface area contributed by atoms with Crippen LogP contribution in [0, 0.1) is 5.92 Å². The molecule has 3 N–H and O–H groups in total. The SMILES string of the molecule is CC(C)NCCC(=O)Nc1ccc(NC(=O)C(C)C)cc1. The van der Waals surface area contributed by atoms with Crippen LogP contribution in [0.4, 0.5) is 11.4 Å². The molecule has 0 fully saturated rings. The summed E-state index contributed by atoms with van der Waals surface area (Å²) in [7, 11) is 0. The summed E-state index contributed by atoms with van der Waals surface area (Å²) >= 11 is 0. The predicted octanol–water partition coefficient (Wildman–Crippen LogP) is 2.61. The maximum Gasteiger partial charge on any atom is 0.226 e. The highest BCUT2D eigenvalue weighted by Gasteiger charge is 2.07.